The number of hydrogen-bond donors (Lipinski definition) is 3. The van der Waals surface area contributed by atoms with E-state index in [-0.39, 0.29) is 41.5 Å². The van der Waals surface area contributed by atoms with Crippen molar-refractivity contribution < 1.29 is 32.6 Å². The molecule has 5 rings (SSSR count). The molecular formula is C31H30F2N8O5. The summed E-state index contributed by atoms with van der Waals surface area (Å²) in [5.74, 6) is -0.724. The highest BCUT2D eigenvalue weighted by Crippen LogP contribution is 2.38. The van der Waals surface area contributed by atoms with Crippen molar-refractivity contribution in [1.29, 1.82) is 0 Å². The summed E-state index contributed by atoms with van der Waals surface area (Å²) in [4.78, 5) is 47.6. The Labute approximate surface area is 262 Å². The number of benzene rings is 1. The summed E-state index contributed by atoms with van der Waals surface area (Å²) in [6.07, 6.45) is 3.16. The number of aromatic nitrogens is 4. The van der Waals surface area contributed by atoms with E-state index in [1.54, 1.807) is 43.4 Å². The van der Waals surface area contributed by atoms with Gasteiger partial charge in [0.15, 0.2) is 11.5 Å². The normalized spacial score (nSPS) is 12.3. The number of nitrogens with one attached hydrogen (secondary N) is 3. The maximum Gasteiger partial charge on any atom is 0.388 e. The summed E-state index contributed by atoms with van der Waals surface area (Å²) in [5, 5.41) is 16.5. The van der Waals surface area contributed by atoms with E-state index < -0.39 is 18.4 Å². The van der Waals surface area contributed by atoms with Gasteiger partial charge in [-0.2, -0.15) is 8.78 Å². The number of methoxy groups -OCH3 is 1. The van der Waals surface area contributed by atoms with Crippen molar-refractivity contribution in [3.8, 4) is 22.8 Å². The number of para-hydroxylation sites is 1. The number of carbonyl (C=O) groups is 3. The number of halogens is 2. The molecule has 3 N–H and O–H groups in total. The highest BCUT2D eigenvalue weighted by Gasteiger charge is 2.30. The van der Waals surface area contributed by atoms with E-state index in [0.29, 0.717) is 33.9 Å². The molecule has 1 fully saturated rings. The van der Waals surface area contributed by atoms with Gasteiger partial charge >= 0.3 is 6.61 Å². The molecule has 1 aliphatic carbocycles. The minimum absolute atomic E-state index is 0.0107. The third-order valence-corrected chi connectivity index (χ3v) is 6.95. The van der Waals surface area contributed by atoms with Crippen molar-refractivity contribution in [3.63, 3.8) is 0 Å². The van der Waals surface area contributed by atoms with Crippen LogP contribution in [0, 0.1) is 5.92 Å². The molecule has 0 bridgehead atoms. The van der Waals surface area contributed by atoms with Gasteiger partial charge in [-0.1, -0.05) is 24.3 Å². The zero-order valence-electron chi connectivity index (χ0n) is 25.1. The molecule has 1 aliphatic rings. The first kappa shape index (κ1) is 31.7. The third-order valence-electron chi connectivity index (χ3n) is 6.95. The number of pyridine rings is 2. The lowest BCUT2D eigenvalue weighted by Gasteiger charge is -2.18. The average molecular weight is 633 g/mol. The summed E-state index contributed by atoms with van der Waals surface area (Å²) in [7, 11) is 4.50. The van der Waals surface area contributed by atoms with Gasteiger partial charge in [-0.3, -0.25) is 19.4 Å². The molecule has 0 spiro atoms. The van der Waals surface area contributed by atoms with Gasteiger partial charge in [-0.05, 0) is 31.0 Å². The SMILES string of the molecule is CNC(=O)c1nnc(NC(=O)C2CC2)cc1Nc1cccc(-c2ccc(C(=O)N(C)Cc3cccc(OC(F)F)n3)nc2)c1OC. The average Bonchev–Trinajstić information content (AvgIpc) is 3.90. The number of hydrogen-bond acceptors (Lipinski definition) is 10. The lowest BCUT2D eigenvalue weighted by Crippen LogP contribution is -2.27. The molecule has 3 amide bonds. The molecule has 0 saturated heterocycles. The molecule has 46 heavy (non-hydrogen) atoms. The lowest BCUT2D eigenvalue weighted by molar-refractivity contribution is -0.117. The molecule has 0 radical (unpaired) electrons. The van der Waals surface area contributed by atoms with E-state index in [4.69, 9.17) is 4.74 Å². The second kappa shape index (κ2) is 13.9. The van der Waals surface area contributed by atoms with E-state index in [0.717, 1.165) is 12.8 Å². The second-order valence-corrected chi connectivity index (χ2v) is 10.3. The van der Waals surface area contributed by atoms with E-state index in [2.05, 4.69) is 40.9 Å². The molecular weight excluding hydrogens is 602 g/mol. The van der Waals surface area contributed by atoms with Crippen molar-refractivity contribution in [2.45, 2.75) is 26.0 Å². The van der Waals surface area contributed by atoms with E-state index in [9.17, 15) is 23.2 Å². The van der Waals surface area contributed by atoms with Crippen LogP contribution in [0.5, 0.6) is 11.6 Å². The highest BCUT2D eigenvalue weighted by molar-refractivity contribution is 6.00. The Morgan fingerprint density at radius 3 is 2.50 bits per heavy atom. The summed E-state index contributed by atoms with van der Waals surface area (Å²) >= 11 is 0. The number of nitrogens with zero attached hydrogens (tertiary/aromatic N) is 5. The third kappa shape index (κ3) is 7.49. The number of carbonyl (C=O) groups excluding carboxylic acids is 3. The Bertz CT molecular complexity index is 1750. The van der Waals surface area contributed by atoms with Crippen LogP contribution in [0.4, 0.5) is 26.0 Å². The van der Waals surface area contributed by atoms with Gasteiger partial charge < -0.3 is 30.3 Å². The van der Waals surface area contributed by atoms with Crippen LogP contribution in [-0.4, -0.2) is 70.6 Å². The van der Waals surface area contributed by atoms with Crippen LogP contribution >= 0.6 is 0 Å². The molecule has 1 saturated carbocycles. The van der Waals surface area contributed by atoms with Gasteiger partial charge in [-0.25, -0.2) is 4.98 Å². The van der Waals surface area contributed by atoms with Crippen molar-refractivity contribution >= 4 is 34.9 Å². The maximum absolute atomic E-state index is 13.1. The van der Waals surface area contributed by atoms with Gasteiger partial charge in [0, 0.05) is 49.5 Å². The van der Waals surface area contributed by atoms with Crippen LogP contribution in [0.1, 0.15) is 39.5 Å². The van der Waals surface area contributed by atoms with Crippen molar-refractivity contribution in [2.75, 3.05) is 31.8 Å². The summed E-state index contributed by atoms with van der Waals surface area (Å²) in [6, 6.07) is 14.5. The maximum atomic E-state index is 13.1. The molecule has 4 aromatic rings. The van der Waals surface area contributed by atoms with Crippen LogP contribution in [0.15, 0.2) is 60.8 Å². The summed E-state index contributed by atoms with van der Waals surface area (Å²) in [5.41, 5.74) is 2.57. The van der Waals surface area contributed by atoms with Crippen LogP contribution in [-0.2, 0) is 11.3 Å². The van der Waals surface area contributed by atoms with Gasteiger partial charge in [0.2, 0.25) is 11.8 Å². The van der Waals surface area contributed by atoms with Crippen LogP contribution < -0.4 is 25.4 Å². The van der Waals surface area contributed by atoms with Gasteiger partial charge in [0.25, 0.3) is 11.8 Å². The fourth-order valence-corrected chi connectivity index (χ4v) is 4.53. The second-order valence-electron chi connectivity index (χ2n) is 10.3. The first-order valence-electron chi connectivity index (χ1n) is 14.1. The zero-order valence-corrected chi connectivity index (χ0v) is 25.1. The molecule has 0 aliphatic heterocycles. The number of ether oxygens (including phenoxy) is 2. The van der Waals surface area contributed by atoms with Gasteiger partial charge in [0.05, 0.1) is 30.7 Å². The molecule has 0 atom stereocenters. The fourth-order valence-electron chi connectivity index (χ4n) is 4.53. The van der Waals surface area contributed by atoms with Crippen molar-refractivity contribution in [2.24, 2.45) is 5.92 Å². The topological polar surface area (TPSA) is 161 Å². The molecule has 0 unspecified atom stereocenters. The summed E-state index contributed by atoms with van der Waals surface area (Å²) in [6.45, 7) is -2.97. The highest BCUT2D eigenvalue weighted by atomic mass is 19.3. The Kier molecular flexibility index (Phi) is 9.59. The molecule has 13 nitrogen and oxygen atoms in total. The Morgan fingerprint density at radius 2 is 1.83 bits per heavy atom. The minimum atomic E-state index is -3.01. The monoisotopic (exact) mass is 632 g/mol. The Hall–Kier alpha value is -5.73. The number of rotatable bonds is 12. The van der Waals surface area contributed by atoms with E-state index in [1.165, 1.54) is 43.5 Å². The number of alkyl halides is 2. The lowest BCUT2D eigenvalue weighted by atomic mass is 10.0. The van der Waals surface area contributed by atoms with Crippen molar-refractivity contribution in [3.05, 3.63) is 77.9 Å². The quantitative estimate of drug-likeness (QED) is 0.206. The standard InChI is InChI=1S/C31H30F2N8O5/c1-34-29(43)26-23(14-24(39-40-26)38-28(42)17-10-11-17)37-21-8-5-7-20(27(21)45-3)18-12-13-22(35-15-18)30(44)41(2)16-19-6-4-9-25(36-19)46-31(32)33/h4-9,12-15,17,31H,10-11,16H2,1-3H3,(H,34,43)(H2,37,38,39,42). The fraction of sp³-hybridized carbons (Fsp3) is 0.258. The largest absolute Gasteiger partial charge is 0.494 e. The van der Waals surface area contributed by atoms with Crippen LogP contribution in [0.3, 0.4) is 0 Å². The Balaban J connectivity index is 1.35. The van der Waals surface area contributed by atoms with Crippen LogP contribution in [0.25, 0.3) is 11.1 Å². The van der Waals surface area contributed by atoms with Crippen molar-refractivity contribution in [1.82, 2.24) is 30.4 Å². The first-order valence-corrected chi connectivity index (χ1v) is 14.1. The van der Waals surface area contributed by atoms with Crippen LogP contribution in [0.2, 0.25) is 0 Å². The zero-order chi connectivity index (χ0) is 32.8. The first-order chi connectivity index (χ1) is 22.2. The molecule has 3 aromatic heterocycles. The Morgan fingerprint density at radius 1 is 1.04 bits per heavy atom. The number of anilines is 3. The summed E-state index contributed by atoms with van der Waals surface area (Å²) < 4.78 is 35.2. The van der Waals surface area contributed by atoms with Gasteiger partial charge in [-0.15, -0.1) is 10.2 Å². The molecule has 238 valence electrons. The van der Waals surface area contributed by atoms with E-state index in [1.807, 2.05) is 0 Å². The predicted molar refractivity (Wildman–Crippen MR) is 163 cm³/mol. The minimum Gasteiger partial charge on any atom is -0.494 e. The molecule has 1 aromatic carbocycles. The molecule has 15 heteroatoms. The smallest absolute Gasteiger partial charge is 0.388 e. The number of amides is 3. The van der Waals surface area contributed by atoms with E-state index >= 15 is 0 Å². The molecule has 3 heterocycles. The van der Waals surface area contributed by atoms with Gasteiger partial charge in [0.1, 0.15) is 11.4 Å². The predicted octanol–water partition coefficient (Wildman–Crippen LogP) is 4.27.